The van der Waals surface area contributed by atoms with E-state index in [2.05, 4.69) is 0 Å². The zero-order valence-electron chi connectivity index (χ0n) is 10.6. The third-order valence-electron chi connectivity index (χ3n) is 3.86. The monoisotopic (exact) mass is 229 g/mol. The van der Waals surface area contributed by atoms with E-state index in [0.29, 0.717) is 6.54 Å². The van der Waals surface area contributed by atoms with Gasteiger partial charge in [-0.05, 0) is 31.6 Å². The SMILES string of the molecule is CCC(O)(CN)CCCOCCC1CCC1. The van der Waals surface area contributed by atoms with Gasteiger partial charge in [-0.15, -0.1) is 0 Å². The van der Waals surface area contributed by atoms with Crippen LogP contribution in [0.1, 0.15) is 51.9 Å². The van der Waals surface area contributed by atoms with E-state index in [0.717, 1.165) is 38.4 Å². The number of rotatable bonds is 9. The van der Waals surface area contributed by atoms with Gasteiger partial charge in [-0.1, -0.05) is 26.2 Å². The summed E-state index contributed by atoms with van der Waals surface area (Å²) in [5.74, 6) is 0.927. The first kappa shape index (κ1) is 13.9. The van der Waals surface area contributed by atoms with Gasteiger partial charge >= 0.3 is 0 Å². The standard InChI is InChI=1S/C13H27NO2/c1-2-13(15,11-14)8-4-9-16-10-7-12-5-3-6-12/h12,15H,2-11,14H2,1H3. The molecule has 1 rings (SSSR count). The van der Waals surface area contributed by atoms with Crippen LogP contribution in [0, 0.1) is 5.92 Å². The lowest BCUT2D eigenvalue weighted by Gasteiger charge is -2.26. The van der Waals surface area contributed by atoms with Gasteiger partial charge in [0.15, 0.2) is 0 Å². The fraction of sp³-hybridized carbons (Fsp3) is 1.00. The second-order valence-electron chi connectivity index (χ2n) is 5.08. The minimum Gasteiger partial charge on any atom is -0.389 e. The Labute approximate surface area is 99.4 Å². The van der Waals surface area contributed by atoms with Gasteiger partial charge in [0.1, 0.15) is 0 Å². The summed E-state index contributed by atoms with van der Waals surface area (Å²) < 4.78 is 5.57. The van der Waals surface area contributed by atoms with Crippen molar-refractivity contribution in [2.45, 2.75) is 57.5 Å². The summed E-state index contributed by atoms with van der Waals surface area (Å²) in [4.78, 5) is 0. The van der Waals surface area contributed by atoms with E-state index in [9.17, 15) is 5.11 Å². The Balaban J connectivity index is 1.90. The average molecular weight is 229 g/mol. The topological polar surface area (TPSA) is 55.5 Å². The summed E-state index contributed by atoms with van der Waals surface area (Å²) in [5.41, 5.74) is 4.86. The van der Waals surface area contributed by atoms with Crippen LogP contribution in [0.5, 0.6) is 0 Å². The maximum absolute atomic E-state index is 9.94. The van der Waals surface area contributed by atoms with Gasteiger partial charge in [0, 0.05) is 19.8 Å². The van der Waals surface area contributed by atoms with E-state index in [4.69, 9.17) is 10.5 Å². The molecule has 1 saturated carbocycles. The fourth-order valence-corrected chi connectivity index (χ4v) is 2.06. The summed E-state index contributed by atoms with van der Waals surface area (Å²) in [7, 11) is 0. The molecule has 0 amide bonds. The molecule has 0 saturated heterocycles. The zero-order valence-corrected chi connectivity index (χ0v) is 10.6. The molecule has 1 aliphatic rings. The maximum atomic E-state index is 9.94. The third-order valence-corrected chi connectivity index (χ3v) is 3.86. The van der Waals surface area contributed by atoms with Crippen molar-refractivity contribution >= 4 is 0 Å². The predicted molar refractivity (Wildman–Crippen MR) is 66.3 cm³/mol. The van der Waals surface area contributed by atoms with Crippen molar-refractivity contribution in [3.63, 3.8) is 0 Å². The van der Waals surface area contributed by atoms with Gasteiger partial charge in [-0.25, -0.2) is 0 Å². The predicted octanol–water partition coefficient (Wildman–Crippen LogP) is 2.07. The second kappa shape index (κ2) is 7.25. The van der Waals surface area contributed by atoms with Gasteiger partial charge in [0.25, 0.3) is 0 Å². The zero-order chi connectivity index (χ0) is 11.9. The van der Waals surface area contributed by atoms with E-state index >= 15 is 0 Å². The van der Waals surface area contributed by atoms with Crippen LogP contribution in [-0.2, 0) is 4.74 Å². The van der Waals surface area contributed by atoms with E-state index in [1.54, 1.807) is 0 Å². The number of aliphatic hydroxyl groups is 1. The van der Waals surface area contributed by atoms with Crippen LogP contribution in [0.4, 0.5) is 0 Å². The van der Waals surface area contributed by atoms with Crippen molar-refractivity contribution in [3.8, 4) is 0 Å². The first-order chi connectivity index (χ1) is 7.70. The molecule has 3 nitrogen and oxygen atoms in total. The summed E-state index contributed by atoms with van der Waals surface area (Å²) in [5, 5.41) is 9.94. The van der Waals surface area contributed by atoms with Crippen LogP contribution in [0.2, 0.25) is 0 Å². The van der Waals surface area contributed by atoms with Crippen molar-refractivity contribution in [3.05, 3.63) is 0 Å². The van der Waals surface area contributed by atoms with Crippen molar-refractivity contribution in [1.82, 2.24) is 0 Å². The Morgan fingerprint density at radius 2 is 2.12 bits per heavy atom. The molecule has 0 spiro atoms. The number of nitrogens with two attached hydrogens (primary N) is 1. The molecule has 0 bridgehead atoms. The molecule has 0 aliphatic heterocycles. The molecule has 0 radical (unpaired) electrons. The quantitative estimate of drug-likeness (QED) is 0.595. The number of hydrogen-bond donors (Lipinski definition) is 2. The van der Waals surface area contributed by atoms with Gasteiger partial charge in [-0.2, -0.15) is 0 Å². The molecule has 3 heteroatoms. The molecule has 1 atom stereocenters. The molecule has 0 aromatic rings. The Kier molecular flexibility index (Phi) is 6.32. The summed E-state index contributed by atoms with van der Waals surface area (Å²) >= 11 is 0. The Hall–Kier alpha value is -0.120. The second-order valence-corrected chi connectivity index (χ2v) is 5.08. The Bertz CT molecular complexity index is 177. The van der Waals surface area contributed by atoms with Crippen LogP contribution >= 0.6 is 0 Å². The van der Waals surface area contributed by atoms with E-state index in [1.165, 1.54) is 25.7 Å². The lowest BCUT2D eigenvalue weighted by Crippen LogP contribution is -2.37. The number of hydrogen-bond acceptors (Lipinski definition) is 3. The molecule has 1 fully saturated rings. The normalized spacial score (nSPS) is 20.4. The molecular formula is C13H27NO2. The Morgan fingerprint density at radius 1 is 1.38 bits per heavy atom. The molecule has 16 heavy (non-hydrogen) atoms. The minimum atomic E-state index is -0.669. The molecule has 0 heterocycles. The largest absolute Gasteiger partial charge is 0.389 e. The Morgan fingerprint density at radius 3 is 2.62 bits per heavy atom. The van der Waals surface area contributed by atoms with E-state index in [1.807, 2.05) is 6.92 Å². The molecule has 0 aromatic carbocycles. The average Bonchev–Trinajstić information content (AvgIpc) is 2.25. The molecule has 96 valence electrons. The van der Waals surface area contributed by atoms with Gasteiger partial charge in [0.05, 0.1) is 5.60 Å². The highest BCUT2D eigenvalue weighted by molar-refractivity contribution is 4.77. The highest BCUT2D eigenvalue weighted by Gasteiger charge is 2.21. The summed E-state index contributed by atoms with van der Waals surface area (Å²) in [6, 6.07) is 0. The van der Waals surface area contributed by atoms with Crippen LogP contribution in [0.15, 0.2) is 0 Å². The smallest absolute Gasteiger partial charge is 0.0767 e. The van der Waals surface area contributed by atoms with Crippen LogP contribution < -0.4 is 5.73 Å². The highest BCUT2D eigenvalue weighted by Crippen LogP contribution is 2.29. The van der Waals surface area contributed by atoms with Crippen LogP contribution in [0.3, 0.4) is 0 Å². The first-order valence-corrected chi connectivity index (χ1v) is 6.70. The van der Waals surface area contributed by atoms with Crippen LogP contribution in [0.25, 0.3) is 0 Å². The third kappa shape index (κ3) is 4.81. The van der Waals surface area contributed by atoms with E-state index in [-0.39, 0.29) is 0 Å². The molecular weight excluding hydrogens is 202 g/mol. The lowest BCUT2D eigenvalue weighted by molar-refractivity contribution is 0.0217. The molecule has 0 aromatic heterocycles. The molecule has 1 aliphatic carbocycles. The van der Waals surface area contributed by atoms with E-state index < -0.39 is 5.60 Å². The fourth-order valence-electron chi connectivity index (χ4n) is 2.06. The van der Waals surface area contributed by atoms with Gasteiger partial charge in [-0.3, -0.25) is 0 Å². The maximum Gasteiger partial charge on any atom is 0.0767 e. The van der Waals surface area contributed by atoms with Crippen LogP contribution in [-0.4, -0.2) is 30.5 Å². The van der Waals surface area contributed by atoms with Crippen molar-refractivity contribution < 1.29 is 9.84 Å². The van der Waals surface area contributed by atoms with Gasteiger partial charge < -0.3 is 15.6 Å². The summed E-state index contributed by atoms with van der Waals surface area (Å²) in [6.07, 6.45) is 7.80. The minimum absolute atomic E-state index is 0.353. The number of ether oxygens (including phenoxy) is 1. The van der Waals surface area contributed by atoms with Crippen molar-refractivity contribution in [2.24, 2.45) is 11.7 Å². The highest BCUT2D eigenvalue weighted by atomic mass is 16.5. The van der Waals surface area contributed by atoms with Crippen molar-refractivity contribution in [1.29, 1.82) is 0 Å². The lowest BCUT2D eigenvalue weighted by atomic mass is 9.83. The van der Waals surface area contributed by atoms with Crippen molar-refractivity contribution in [2.75, 3.05) is 19.8 Å². The molecule has 1 unspecified atom stereocenters. The molecule has 3 N–H and O–H groups in total. The first-order valence-electron chi connectivity index (χ1n) is 6.70. The summed E-state index contributed by atoms with van der Waals surface area (Å²) in [6.45, 7) is 3.97. The van der Waals surface area contributed by atoms with Gasteiger partial charge in [0.2, 0.25) is 0 Å².